The molecule has 11 N–H and O–H groups in total. The van der Waals surface area contributed by atoms with Gasteiger partial charge in [-0.1, -0.05) is 37.8 Å². The van der Waals surface area contributed by atoms with Crippen LogP contribution in [0.3, 0.4) is 0 Å². The second-order valence-electron chi connectivity index (χ2n) is 12.5. The molecule has 3 rings (SSSR count). The number of nitrogens with one attached hydrogen (secondary N) is 2. The van der Waals surface area contributed by atoms with Crippen LogP contribution in [0.15, 0.2) is 24.8 Å². The van der Waals surface area contributed by atoms with E-state index in [-0.39, 0.29) is 54.6 Å². The summed E-state index contributed by atoms with van der Waals surface area (Å²) in [6, 6.07) is 0. The number of carbonyl (C=O) groups excluding carboxylic acids is 3. The van der Waals surface area contributed by atoms with Gasteiger partial charge in [0.25, 0.3) is 0 Å². The number of hydrogen-bond acceptors (Lipinski definition) is 19. The van der Waals surface area contributed by atoms with E-state index in [4.69, 9.17) is 24.6 Å². The van der Waals surface area contributed by atoms with Gasteiger partial charge in [-0.3, -0.25) is 32.5 Å². The molecule has 2 amide bonds. The summed E-state index contributed by atoms with van der Waals surface area (Å²) in [5.74, 6) is -1.19. The number of fused-ring (bicyclic) bond motifs is 1. The molecule has 7 atom stereocenters. The lowest BCUT2D eigenvalue weighted by Gasteiger charge is -2.30. The minimum atomic E-state index is -5.57. The highest BCUT2D eigenvalue weighted by Crippen LogP contribution is 2.61. The third-order valence-electron chi connectivity index (χ3n) is 7.51. The highest BCUT2D eigenvalue weighted by atomic mass is 32.2. The highest BCUT2D eigenvalue weighted by Gasteiger charge is 2.50. The number of carbonyl (C=O) groups is 3. The highest BCUT2D eigenvalue weighted by molar-refractivity contribution is 8.13. The molecule has 0 aliphatic carbocycles. The molecule has 0 bridgehead atoms. The van der Waals surface area contributed by atoms with Crippen molar-refractivity contribution in [1.82, 2.24) is 30.2 Å². The minimum absolute atomic E-state index is 0.0182. The number of phosphoric ester groups is 3. The van der Waals surface area contributed by atoms with E-state index >= 15 is 0 Å². The maximum Gasteiger partial charge on any atom is 0.481 e. The van der Waals surface area contributed by atoms with Gasteiger partial charge in [-0.15, -0.1) is 0 Å². The van der Waals surface area contributed by atoms with Crippen molar-refractivity contribution in [2.45, 2.75) is 63.8 Å². The molecule has 1 aliphatic heterocycles. The maximum atomic E-state index is 12.7. The molecule has 56 heavy (non-hydrogen) atoms. The van der Waals surface area contributed by atoms with Crippen molar-refractivity contribution in [3.8, 4) is 0 Å². The van der Waals surface area contributed by atoms with Crippen molar-refractivity contribution < 1.29 is 85.6 Å². The monoisotopic (exact) mass is 879 g/mol. The Morgan fingerprint density at radius 1 is 1.07 bits per heavy atom. The number of nitrogens with two attached hydrogens (primary N) is 1. The molecule has 0 saturated carbocycles. The van der Waals surface area contributed by atoms with Crippen molar-refractivity contribution in [3.63, 3.8) is 0 Å². The number of anilines is 1. The van der Waals surface area contributed by atoms with Crippen LogP contribution >= 0.6 is 35.2 Å². The van der Waals surface area contributed by atoms with E-state index in [0.717, 1.165) is 29.0 Å². The number of nitrogens with zero attached hydrogens (tertiary/aromatic N) is 4. The van der Waals surface area contributed by atoms with Crippen LogP contribution in [-0.4, -0.2) is 134 Å². The number of phosphoric acid groups is 3. The molecule has 0 spiro atoms. The zero-order valence-electron chi connectivity index (χ0n) is 29.8. The summed E-state index contributed by atoms with van der Waals surface area (Å²) >= 11 is 1.01. The number of aliphatic hydroxyl groups excluding tert-OH is 3. The maximum absolute atomic E-state index is 12.7. The Bertz CT molecular complexity index is 1850. The normalized spacial score (nSPS) is 21.8. The van der Waals surface area contributed by atoms with Crippen LogP contribution < -0.4 is 16.4 Å². The number of aliphatic hydroxyl groups is 3. The van der Waals surface area contributed by atoms with E-state index in [0.29, 0.717) is 12.2 Å². The molecule has 0 radical (unpaired) electrons. The van der Waals surface area contributed by atoms with E-state index in [9.17, 15) is 57.9 Å². The molecule has 2 unspecified atom stereocenters. The van der Waals surface area contributed by atoms with Gasteiger partial charge in [0.15, 0.2) is 22.8 Å². The number of hydrogen-bond donors (Lipinski definition) is 10. The van der Waals surface area contributed by atoms with Gasteiger partial charge in [-0.05, 0) is 6.42 Å². The largest absolute Gasteiger partial charge is 0.481 e. The minimum Gasteiger partial charge on any atom is -0.396 e. The van der Waals surface area contributed by atoms with Gasteiger partial charge in [0.1, 0.15) is 36.3 Å². The molecule has 316 valence electrons. The summed E-state index contributed by atoms with van der Waals surface area (Å²) in [6.45, 7) is 0.392. The van der Waals surface area contributed by atoms with Crippen LogP contribution in [-0.2, 0) is 50.7 Å². The predicted molar refractivity (Wildman–Crippen MR) is 193 cm³/mol. The van der Waals surface area contributed by atoms with Crippen LogP contribution in [0.4, 0.5) is 5.82 Å². The standard InChI is InChI=1S/C27H44N7O18P3S/c1-27(2,22(39)25(40)30-8-7-17(36)29-9-11-56-18(37)6-4-3-5-10-35)13-49-55(46,47)52-54(44,45)48-12-16-21(51-53(41,42)43)20(38)26(50-16)34-15-33-19-23(28)31-14-32-24(19)34/h3-4,14-16,20-22,26,35,38-39H,5-13H2,1-2H3,(H,29,36)(H,30,40)(H,44,45)(H,46,47)(H2,28,31,32)(H2,41,42,43)/b4-3-/t16-,20-,21-,22+,26-/m1/s1. The van der Waals surface area contributed by atoms with Gasteiger partial charge in [-0.25, -0.2) is 28.6 Å². The van der Waals surface area contributed by atoms with Crippen molar-refractivity contribution in [3.05, 3.63) is 24.8 Å². The number of rotatable bonds is 23. The third-order valence-corrected chi connectivity index (χ3v) is 11.5. The second kappa shape index (κ2) is 20.8. The van der Waals surface area contributed by atoms with E-state index < -0.39 is 84.6 Å². The molecule has 25 nitrogen and oxygen atoms in total. The molecule has 1 fully saturated rings. The summed E-state index contributed by atoms with van der Waals surface area (Å²) in [7, 11) is -16.4. The number of nitrogen functional groups attached to an aromatic ring is 1. The number of thioether (sulfide) groups is 1. The van der Waals surface area contributed by atoms with Crippen molar-refractivity contribution >= 4 is 69.1 Å². The second-order valence-corrected chi connectivity index (χ2v) is 17.9. The van der Waals surface area contributed by atoms with E-state index in [1.54, 1.807) is 12.2 Å². The molecule has 1 aliphatic rings. The van der Waals surface area contributed by atoms with Crippen LogP contribution in [0.5, 0.6) is 0 Å². The smallest absolute Gasteiger partial charge is 0.396 e. The topological polar surface area (TPSA) is 384 Å². The Labute approximate surface area is 322 Å². The van der Waals surface area contributed by atoms with E-state index in [2.05, 4.69) is 34.4 Å². The van der Waals surface area contributed by atoms with E-state index in [1.165, 1.54) is 13.8 Å². The lowest BCUT2D eigenvalue weighted by atomic mass is 9.87. The Morgan fingerprint density at radius 2 is 1.77 bits per heavy atom. The molecule has 2 aromatic heterocycles. The zero-order valence-corrected chi connectivity index (χ0v) is 33.3. The summed E-state index contributed by atoms with van der Waals surface area (Å²) < 4.78 is 62.0. The molecule has 2 aromatic rings. The molecular weight excluding hydrogens is 835 g/mol. The van der Waals surface area contributed by atoms with Crippen molar-refractivity contribution in [1.29, 1.82) is 0 Å². The Balaban J connectivity index is 1.48. The summed E-state index contributed by atoms with van der Waals surface area (Å²) in [5.41, 5.74) is 4.24. The number of imidazole rings is 1. The van der Waals surface area contributed by atoms with Crippen LogP contribution in [0.25, 0.3) is 11.2 Å². The summed E-state index contributed by atoms with van der Waals surface area (Å²) in [5, 5.41) is 34.9. The van der Waals surface area contributed by atoms with Crippen LogP contribution in [0.2, 0.25) is 0 Å². The molecule has 3 heterocycles. The first kappa shape index (κ1) is 47.6. The number of allylic oxidation sites excluding steroid dienone is 1. The van der Waals surface area contributed by atoms with Gasteiger partial charge >= 0.3 is 23.5 Å². The third kappa shape index (κ3) is 14.9. The average Bonchev–Trinajstić information content (AvgIpc) is 3.66. The Morgan fingerprint density at radius 3 is 2.45 bits per heavy atom. The van der Waals surface area contributed by atoms with Gasteiger partial charge in [-0.2, -0.15) is 4.31 Å². The summed E-state index contributed by atoms with van der Waals surface area (Å²) in [6.07, 6.45) is -3.03. The van der Waals surface area contributed by atoms with E-state index in [1.807, 2.05) is 0 Å². The Kier molecular flexibility index (Phi) is 17.7. The first-order chi connectivity index (χ1) is 26.1. The fraction of sp³-hybridized carbons (Fsp3) is 0.630. The Hall–Kier alpha value is -2.74. The molecular formula is C27H44N7O18P3S. The number of ether oxygens (including phenoxy) is 1. The lowest BCUT2D eigenvalue weighted by Crippen LogP contribution is -2.46. The lowest BCUT2D eigenvalue weighted by molar-refractivity contribution is -0.137. The van der Waals surface area contributed by atoms with Crippen molar-refractivity contribution in [2.24, 2.45) is 5.41 Å². The first-order valence-electron chi connectivity index (χ1n) is 16.4. The van der Waals surface area contributed by atoms with Crippen LogP contribution in [0.1, 0.15) is 39.3 Å². The van der Waals surface area contributed by atoms with Gasteiger partial charge < -0.3 is 56.0 Å². The van der Waals surface area contributed by atoms with Gasteiger partial charge in [0, 0.05) is 43.7 Å². The molecule has 0 aromatic carbocycles. The zero-order chi connectivity index (χ0) is 41.9. The quantitative estimate of drug-likeness (QED) is 0.0363. The number of aromatic nitrogens is 4. The average molecular weight is 880 g/mol. The summed E-state index contributed by atoms with van der Waals surface area (Å²) in [4.78, 5) is 87.2. The molecule has 1 saturated heterocycles. The first-order valence-corrected chi connectivity index (χ1v) is 21.9. The predicted octanol–water partition coefficient (Wildman–Crippen LogP) is -1.01. The van der Waals surface area contributed by atoms with Crippen molar-refractivity contribution in [2.75, 3.05) is 44.4 Å². The van der Waals surface area contributed by atoms with Crippen LogP contribution in [0, 0.1) is 5.41 Å². The SMILES string of the molecule is CC(C)(COP(=O)(O)OP(=O)(O)OC[C@H]1O[C@@H](n2cnc3c(N)ncnc32)[C@H](O)[C@@H]1OP(=O)(O)O)[C@@H](O)C(=O)NCCC(=O)NCCSC(=O)C/C=C\CCO. The van der Waals surface area contributed by atoms with Gasteiger partial charge in [0.05, 0.1) is 19.5 Å². The fourth-order valence-electron chi connectivity index (χ4n) is 4.73. The van der Waals surface area contributed by atoms with Gasteiger partial charge in [0.2, 0.25) is 11.8 Å². The fourth-order valence-corrected chi connectivity index (χ4v) is 8.20. The number of amides is 2. The molecule has 29 heteroatoms.